The summed E-state index contributed by atoms with van der Waals surface area (Å²) in [6.45, 7) is 6.66. The van der Waals surface area contributed by atoms with E-state index in [0.717, 1.165) is 27.6 Å². The molecule has 0 aliphatic carbocycles. The molecule has 0 saturated carbocycles. The minimum Gasteiger partial charge on any atom is -0.361 e. The van der Waals surface area contributed by atoms with Crippen LogP contribution in [-0.4, -0.2) is 45.9 Å². The SMILES string of the molecule is Cc1ccc(CN(CCc2c[nH]c3ccccc23)C(=O)CN(C(=O)Nc2c(Cl)cccc2Cl)C(C)C)cc1. The Kier molecular flexibility index (Phi) is 8.97. The van der Waals surface area contributed by atoms with E-state index in [0.29, 0.717) is 35.2 Å². The molecule has 0 saturated heterocycles. The summed E-state index contributed by atoms with van der Waals surface area (Å²) in [5, 5.41) is 4.60. The lowest BCUT2D eigenvalue weighted by atomic mass is 10.1. The van der Waals surface area contributed by atoms with Gasteiger partial charge < -0.3 is 20.1 Å². The predicted octanol–water partition coefficient (Wildman–Crippen LogP) is 7.30. The Morgan fingerprint density at radius 1 is 0.947 bits per heavy atom. The number of carbonyl (C=O) groups is 2. The van der Waals surface area contributed by atoms with Crippen LogP contribution in [0, 0.1) is 6.92 Å². The van der Waals surface area contributed by atoms with Gasteiger partial charge in [-0.15, -0.1) is 0 Å². The van der Waals surface area contributed by atoms with Gasteiger partial charge in [0.25, 0.3) is 0 Å². The molecule has 38 heavy (non-hydrogen) atoms. The number of H-pyrrole nitrogens is 1. The van der Waals surface area contributed by atoms with E-state index in [1.165, 1.54) is 4.90 Å². The van der Waals surface area contributed by atoms with Crippen molar-refractivity contribution in [1.82, 2.24) is 14.8 Å². The van der Waals surface area contributed by atoms with Gasteiger partial charge in [0.05, 0.1) is 15.7 Å². The number of nitrogens with zero attached hydrogens (tertiary/aromatic N) is 2. The minimum absolute atomic E-state index is 0.0781. The third-order valence-corrected chi connectivity index (χ3v) is 7.19. The summed E-state index contributed by atoms with van der Waals surface area (Å²) >= 11 is 12.5. The van der Waals surface area contributed by atoms with Crippen molar-refractivity contribution in [3.05, 3.63) is 99.7 Å². The highest BCUT2D eigenvalue weighted by Gasteiger charge is 2.25. The molecule has 3 amide bonds. The maximum atomic E-state index is 13.7. The number of amides is 3. The number of para-hydroxylation sites is 2. The molecule has 0 aliphatic rings. The van der Waals surface area contributed by atoms with Crippen molar-refractivity contribution in [2.75, 3.05) is 18.4 Å². The van der Waals surface area contributed by atoms with E-state index in [9.17, 15) is 9.59 Å². The lowest BCUT2D eigenvalue weighted by Gasteiger charge is -2.30. The molecule has 0 unspecified atom stereocenters. The fourth-order valence-electron chi connectivity index (χ4n) is 4.33. The van der Waals surface area contributed by atoms with Crippen molar-refractivity contribution in [2.45, 2.75) is 39.8 Å². The Morgan fingerprint density at radius 3 is 2.32 bits per heavy atom. The quantitative estimate of drug-likeness (QED) is 0.229. The monoisotopic (exact) mass is 550 g/mol. The first-order chi connectivity index (χ1) is 18.2. The number of hydrogen-bond acceptors (Lipinski definition) is 2. The van der Waals surface area contributed by atoms with Crippen molar-refractivity contribution >= 4 is 51.7 Å². The van der Waals surface area contributed by atoms with Crippen molar-refractivity contribution in [3.63, 3.8) is 0 Å². The fourth-order valence-corrected chi connectivity index (χ4v) is 4.82. The second-order valence-electron chi connectivity index (χ2n) is 9.66. The summed E-state index contributed by atoms with van der Waals surface area (Å²) in [5.74, 6) is -0.139. The Balaban J connectivity index is 1.53. The van der Waals surface area contributed by atoms with Crippen molar-refractivity contribution < 1.29 is 9.59 Å². The molecule has 0 radical (unpaired) electrons. The van der Waals surface area contributed by atoms with Gasteiger partial charge in [-0.3, -0.25) is 4.79 Å². The molecular weight excluding hydrogens is 519 g/mol. The van der Waals surface area contributed by atoms with Crippen LogP contribution >= 0.6 is 23.2 Å². The largest absolute Gasteiger partial charge is 0.361 e. The van der Waals surface area contributed by atoms with Gasteiger partial charge in [-0.05, 0) is 56.5 Å². The molecule has 198 valence electrons. The number of aryl methyl sites for hydroxylation is 1. The maximum Gasteiger partial charge on any atom is 0.322 e. The zero-order chi connectivity index (χ0) is 27.2. The van der Waals surface area contributed by atoms with Gasteiger partial charge in [0.15, 0.2) is 0 Å². The lowest BCUT2D eigenvalue weighted by Crippen LogP contribution is -2.47. The molecule has 6 nitrogen and oxygen atoms in total. The predicted molar refractivity (Wildman–Crippen MR) is 156 cm³/mol. The van der Waals surface area contributed by atoms with Gasteiger partial charge in [-0.1, -0.05) is 77.3 Å². The highest BCUT2D eigenvalue weighted by atomic mass is 35.5. The van der Waals surface area contributed by atoms with Crippen molar-refractivity contribution in [3.8, 4) is 0 Å². The van der Waals surface area contributed by atoms with E-state index < -0.39 is 6.03 Å². The summed E-state index contributed by atoms with van der Waals surface area (Å²) in [6, 6.07) is 20.6. The number of benzene rings is 3. The molecule has 8 heteroatoms. The second kappa shape index (κ2) is 12.4. The summed E-state index contributed by atoms with van der Waals surface area (Å²) in [5.41, 5.74) is 4.74. The van der Waals surface area contributed by atoms with E-state index in [-0.39, 0.29) is 18.5 Å². The smallest absolute Gasteiger partial charge is 0.322 e. The minimum atomic E-state index is -0.435. The third-order valence-electron chi connectivity index (χ3n) is 6.56. The number of anilines is 1. The normalized spacial score (nSPS) is 11.1. The Labute approximate surface area is 233 Å². The van der Waals surface area contributed by atoms with Crippen LogP contribution in [0.5, 0.6) is 0 Å². The molecule has 0 aliphatic heterocycles. The zero-order valence-corrected chi connectivity index (χ0v) is 23.3. The van der Waals surface area contributed by atoms with E-state index in [2.05, 4.69) is 16.4 Å². The number of hydrogen-bond donors (Lipinski definition) is 2. The van der Waals surface area contributed by atoms with Crippen LogP contribution in [0.3, 0.4) is 0 Å². The molecule has 0 bridgehead atoms. The molecule has 0 fully saturated rings. The van der Waals surface area contributed by atoms with Crippen LogP contribution in [-0.2, 0) is 17.8 Å². The topological polar surface area (TPSA) is 68.4 Å². The number of aromatic nitrogens is 1. The number of halogens is 2. The molecule has 4 aromatic rings. The molecule has 3 aromatic carbocycles. The summed E-state index contributed by atoms with van der Waals surface area (Å²) in [7, 11) is 0. The molecular formula is C30H32Cl2N4O2. The zero-order valence-electron chi connectivity index (χ0n) is 21.8. The van der Waals surface area contributed by atoms with Gasteiger partial charge in [0.2, 0.25) is 5.91 Å². The first kappa shape index (κ1) is 27.6. The van der Waals surface area contributed by atoms with Gasteiger partial charge in [0.1, 0.15) is 6.54 Å². The molecule has 0 atom stereocenters. The number of aromatic amines is 1. The van der Waals surface area contributed by atoms with Crippen LogP contribution in [0.25, 0.3) is 10.9 Å². The fraction of sp³-hybridized carbons (Fsp3) is 0.267. The van der Waals surface area contributed by atoms with E-state index in [1.807, 2.05) is 74.3 Å². The first-order valence-corrected chi connectivity index (χ1v) is 13.4. The maximum absolute atomic E-state index is 13.7. The van der Waals surface area contributed by atoms with Gasteiger partial charge >= 0.3 is 6.03 Å². The molecule has 0 spiro atoms. The van der Waals surface area contributed by atoms with E-state index in [4.69, 9.17) is 23.2 Å². The van der Waals surface area contributed by atoms with E-state index in [1.54, 1.807) is 18.2 Å². The van der Waals surface area contributed by atoms with Crippen LogP contribution in [0.1, 0.15) is 30.5 Å². The third kappa shape index (κ3) is 6.69. The summed E-state index contributed by atoms with van der Waals surface area (Å²) in [6.07, 6.45) is 2.69. The van der Waals surface area contributed by atoms with Crippen molar-refractivity contribution in [2.24, 2.45) is 0 Å². The molecule has 4 rings (SSSR count). The Morgan fingerprint density at radius 2 is 1.63 bits per heavy atom. The number of nitrogens with one attached hydrogen (secondary N) is 2. The summed E-state index contributed by atoms with van der Waals surface area (Å²) in [4.78, 5) is 33.5. The number of rotatable bonds is 9. The van der Waals surface area contributed by atoms with Crippen LogP contribution in [0.15, 0.2) is 72.9 Å². The highest BCUT2D eigenvalue weighted by molar-refractivity contribution is 6.39. The molecule has 1 heterocycles. The average molecular weight is 552 g/mol. The van der Waals surface area contributed by atoms with Crippen LogP contribution in [0.2, 0.25) is 10.0 Å². The van der Waals surface area contributed by atoms with Gasteiger partial charge in [-0.2, -0.15) is 0 Å². The first-order valence-electron chi connectivity index (χ1n) is 12.6. The summed E-state index contributed by atoms with van der Waals surface area (Å²) < 4.78 is 0. The lowest BCUT2D eigenvalue weighted by molar-refractivity contribution is -0.132. The Bertz CT molecular complexity index is 1400. The number of fused-ring (bicyclic) bond motifs is 1. The molecule has 2 N–H and O–H groups in total. The standard InChI is InChI=1S/C30H32Cl2N4O2/c1-20(2)36(30(38)34-29-25(31)8-6-9-26(29)32)19-28(37)35(18-22-13-11-21(3)12-14-22)16-15-23-17-33-27-10-5-4-7-24(23)27/h4-14,17,20,33H,15-16,18-19H2,1-3H3,(H,34,38). The number of carbonyl (C=O) groups excluding carboxylic acids is 2. The average Bonchev–Trinajstić information content (AvgIpc) is 3.31. The second-order valence-corrected chi connectivity index (χ2v) is 10.5. The molecule has 1 aromatic heterocycles. The van der Waals surface area contributed by atoms with Crippen molar-refractivity contribution in [1.29, 1.82) is 0 Å². The number of urea groups is 1. The van der Waals surface area contributed by atoms with E-state index >= 15 is 0 Å². The highest BCUT2D eigenvalue weighted by Crippen LogP contribution is 2.30. The van der Waals surface area contributed by atoms with Crippen LogP contribution < -0.4 is 5.32 Å². The van der Waals surface area contributed by atoms with Gasteiger partial charge in [0, 0.05) is 36.2 Å². The Hall–Kier alpha value is -3.48. The van der Waals surface area contributed by atoms with Gasteiger partial charge in [-0.25, -0.2) is 4.79 Å². The van der Waals surface area contributed by atoms with Crippen LogP contribution in [0.4, 0.5) is 10.5 Å².